The molecule has 1 heterocycles. The molecular weight excluding hydrogens is 210 g/mol. The molecule has 0 unspecified atom stereocenters. The summed E-state index contributed by atoms with van der Waals surface area (Å²) in [4.78, 5) is 21.4. The summed E-state index contributed by atoms with van der Waals surface area (Å²) < 4.78 is 1.59. The van der Waals surface area contributed by atoms with E-state index in [2.05, 4.69) is 10.4 Å². The summed E-state index contributed by atoms with van der Waals surface area (Å²) in [6.07, 6.45) is 0.0153. The minimum Gasteiger partial charge on any atom is -0.481 e. The van der Waals surface area contributed by atoms with Crippen LogP contribution in [0.15, 0.2) is 0 Å². The predicted octanol–water partition coefficient (Wildman–Crippen LogP) is 0.933. The van der Waals surface area contributed by atoms with Gasteiger partial charge in [0.15, 0.2) is 0 Å². The lowest BCUT2D eigenvalue weighted by Crippen LogP contribution is -2.09. The summed E-state index contributed by atoms with van der Waals surface area (Å²) in [5.74, 6) is -1.03. The van der Waals surface area contributed by atoms with Gasteiger partial charge in [0.2, 0.25) is 5.91 Å². The maximum Gasteiger partial charge on any atom is 0.305 e. The van der Waals surface area contributed by atoms with E-state index >= 15 is 0 Å². The van der Waals surface area contributed by atoms with Gasteiger partial charge in [0.25, 0.3) is 0 Å². The number of nitrogens with zero attached hydrogens (tertiary/aromatic N) is 2. The average Bonchev–Trinajstić information content (AvgIpc) is 2.42. The quantitative estimate of drug-likeness (QED) is 0.798. The van der Waals surface area contributed by atoms with Crippen molar-refractivity contribution in [3.63, 3.8) is 0 Å². The number of aliphatic carboxylic acids is 1. The molecule has 1 rings (SSSR count). The summed E-state index contributed by atoms with van der Waals surface area (Å²) in [6.45, 7) is 5.30. The van der Waals surface area contributed by atoms with Crippen molar-refractivity contribution in [1.29, 1.82) is 0 Å². The van der Waals surface area contributed by atoms with Crippen LogP contribution in [0.5, 0.6) is 0 Å². The van der Waals surface area contributed by atoms with E-state index < -0.39 is 5.97 Å². The van der Waals surface area contributed by atoms with E-state index in [1.54, 1.807) is 18.5 Å². The fourth-order valence-corrected chi connectivity index (χ4v) is 1.47. The summed E-state index contributed by atoms with van der Waals surface area (Å²) in [6, 6.07) is 0. The van der Waals surface area contributed by atoms with Gasteiger partial charge in [0.05, 0.1) is 30.0 Å². The highest BCUT2D eigenvalue weighted by atomic mass is 16.4. The molecule has 0 saturated carbocycles. The first-order valence-corrected chi connectivity index (χ1v) is 4.95. The van der Waals surface area contributed by atoms with E-state index in [1.165, 1.54) is 6.92 Å². The molecule has 0 aliphatic carbocycles. The molecule has 0 fully saturated rings. The van der Waals surface area contributed by atoms with Crippen LogP contribution in [0.3, 0.4) is 0 Å². The Balaban J connectivity index is 2.88. The van der Waals surface area contributed by atoms with E-state index in [0.29, 0.717) is 17.9 Å². The van der Waals surface area contributed by atoms with E-state index in [9.17, 15) is 9.59 Å². The number of carboxylic acids is 1. The number of rotatable bonds is 4. The number of carboxylic acid groups (broad SMARTS) is 1. The molecule has 0 aliphatic heterocycles. The highest BCUT2D eigenvalue weighted by Gasteiger charge is 2.12. The third kappa shape index (κ3) is 2.82. The summed E-state index contributed by atoms with van der Waals surface area (Å²) in [7, 11) is 0. The number of hydrogen-bond donors (Lipinski definition) is 2. The zero-order valence-corrected chi connectivity index (χ0v) is 9.57. The Hall–Kier alpha value is -1.85. The molecule has 1 aromatic heterocycles. The molecule has 6 nitrogen and oxygen atoms in total. The number of anilines is 1. The molecule has 0 bridgehead atoms. The van der Waals surface area contributed by atoms with Crippen molar-refractivity contribution < 1.29 is 14.7 Å². The topological polar surface area (TPSA) is 84.2 Å². The van der Waals surface area contributed by atoms with Crippen molar-refractivity contribution in [1.82, 2.24) is 9.78 Å². The number of nitrogens with one attached hydrogen (secondary N) is 1. The highest BCUT2D eigenvalue weighted by Crippen LogP contribution is 2.19. The lowest BCUT2D eigenvalue weighted by Gasteiger charge is -2.03. The second-order valence-electron chi connectivity index (χ2n) is 3.59. The van der Waals surface area contributed by atoms with E-state index in [0.717, 1.165) is 5.69 Å². The number of aromatic nitrogens is 2. The molecule has 1 amide bonds. The SMILES string of the molecule is CC(=O)Nc1c(C)nn(CCC(=O)O)c1C. The first-order valence-electron chi connectivity index (χ1n) is 4.95. The van der Waals surface area contributed by atoms with E-state index in [-0.39, 0.29) is 12.3 Å². The van der Waals surface area contributed by atoms with Gasteiger partial charge in [-0.15, -0.1) is 0 Å². The van der Waals surface area contributed by atoms with Crippen molar-refractivity contribution >= 4 is 17.6 Å². The smallest absolute Gasteiger partial charge is 0.305 e. The van der Waals surface area contributed by atoms with E-state index in [4.69, 9.17) is 5.11 Å². The van der Waals surface area contributed by atoms with Crippen LogP contribution in [0.1, 0.15) is 24.7 Å². The maximum absolute atomic E-state index is 11.0. The zero-order chi connectivity index (χ0) is 12.3. The second-order valence-corrected chi connectivity index (χ2v) is 3.59. The molecule has 0 atom stereocenters. The second kappa shape index (κ2) is 4.78. The molecule has 6 heteroatoms. The molecular formula is C10H15N3O3. The van der Waals surface area contributed by atoms with Crippen LogP contribution >= 0.6 is 0 Å². The van der Waals surface area contributed by atoms with Gasteiger partial charge in [-0.1, -0.05) is 0 Å². The molecule has 0 spiro atoms. The average molecular weight is 225 g/mol. The Morgan fingerprint density at radius 3 is 2.56 bits per heavy atom. The molecule has 0 aromatic carbocycles. The van der Waals surface area contributed by atoms with Crippen molar-refractivity contribution in [3.05, 3.63) is 11.4 Å². The van der Waals surface area contributed by atoms with Crippen LogP contribution in [-0.4, -0.2) is 26.8 Å². The van der Waals surface area contributed by atoms with E-state index in [1.807, 2.05) is 0 Å². The van der Waals surface area contributed by atoms with Crippen molar-refractivity contribution in [2.75, 3.05) is 5.32 Å². The monoisotopic (exact) mass is 225 g/mol. The fourth-order valence-electron chi connectivity index (χ4n) is 1.47. The Labute approximate surface area is 93.3 Å². The summed E-state index contributed by atoms with van der Waals surface area (Å²) in [5.41, 5.74) is 2.13. The Kier molecular flexibility index (Phi) is 3.65. The van der Waals surface area contributed by atoms with Gasteiger partial charge in [0, 0.05) is 6.92 Å². The van der Waals surface area contributed by atoms with Gasteiger partial charge >= 0.3 is 5.97 Å². The zero-order valence-electron chi connectivity index (χ0n) is 9.57. The van der Waals surface area contributed by atoms with Crippen LogP contribution in [0.25, 0.3) is 0 Å². The van der Waals surface area contributed by atoms with Gasteiger partial charge in [-0.3, -0.25) is 14.3 Å². The first kappa shape index (κ1) is 12.2. The Morgan fingerprint density at radius 2 is 2.06 bits per heavy atom. The van der Waals surface area contributed by atoms with Gasteiger partial charge in [-0.2, -0.15) is 5.10 Å². The van der Waals surface area contributed by atoms with Crippen LogP contribution in [-0.2, 0) is 16.1 Å². The van der Waals surface area contributed by atoms with Gasteiger partial charge in [-0.25, -0.2) is 0 Å². The van der Waals surface area contributed by atoms with Gasteiger partial charge in [-0.05, 0) is 13.8 Å². The first-order chi connectivity index (χ1) is 7.41. The molecule has 0 radical (unpaired) electrons. The normalized spacial score (nSPS) is 10.2. The van der Waals surface area contributed by atoms with Crippen molar-refractivity contribution in [2.45, 2.75) is 33.7 Å². The number of carbonyl (C=O) groups excluding carboxylic acids is 1. The molecule has 1 aromatic rings. The summed E-state index contributed by atoms with van der Waals surface area (Å²) >= 11 is 0. The minimum atomic E-state index is -0.867. The number of hydrogen-bond acceptors (Lipinski definition) is 3. The lowest BCUT2D eigenvalue weighted by atomic mass is 10.3. The number of aryl methyl sites for hydroxylation is 2. The van der Waals surface area contributed by atoms with Crippen molar-refractivity contribution in [2.24, 2.45) is 0 Å². The largest absolute Gasteiger partial charge is 0.481 e. The standard InChI is InChI=1S/C10H15N3O3/c1-6-10(11-8(3)14)7(2)13(12-6)5-4-9(15)16/h4-5H2,1-3H3,(H,11,14)(H,15,16). The third-order valence-corrected chi connectivity index (χ3v) is 2.22. The number of amides is 1. The van der Waals surface area contributed by atoms with Crippen molar-refractivity contribution in [3.8, 4) is 0 Å². The Bertz CT molecular complexity index is 423. The molecule has 0 aliphatic rings. The van der Waals surface area contributed by atoms with Crippen LogP contribution in [0, 0.1) is 13.8 Å². The molecule has 16 heavy (non-hydrogen) atoms. The third-order valence-electron chi connectivity index (χ3n) is 2.22. The lowest BCUT2D eigenvalue weighted by molar-refractivity contribution is -0.137. The van der Waals surface area contributed by atoms with Crippen LogP contribution < -0.4 is 5.32 Å². The van der Waals surface area contributed by atoms with Crippen LogP contribution in [0.2, 0.25) is 0 Å². The Morgan fingerprint density at radius 1 is 1.44 bits per heavy atom. The number of carbonyl (C=O) groups is 2. The fraction of sp³-hybridized carbons (Fsp3) is 0.500. The molecule has 88 valence electrons. The predicted molar refractivity (Wildman–Crippen MR) is 58.3 cm³/mol. The molecule has 2 N–H and O–H groups in total. The minimum absolute atomic E-state index is 0.0153. The molecule has 0 saturated heterocycles. The highest BCUT2D eigenvalue weighted by molar-refractivity contribution is 5.89. The van der Waals surface area contributed by atoms with Gasteiger partial charge in [0.1, 0.15) is 0 Å². The van der Waals surface area contributed by atoms with Crippen LogP contribution in [0.4, 0.5) is 5.69 Å². The maximum atomic E-state index is 11.0. The summed E-state index contributed by atoms with van der Waals surface area (Å²) in [5, 5.41) is 15.4. The van der Waals surface area contributed by atoms with Gasteiger partial charge < -0.3 is 10.4 Å².